The van der Waals surface area contributed by atoms with Crippen molar-refractivity contribution < 1.29 is 18.8 Å². The number of imide groups is 1. The largest absolute Gasteiger partial charge is 0.326 e. The Morgan fingerprint density at radius 2 is 1.62 bits per heavy atom. The summed E-state index contributed by atoms with van der Waals surface area (Å²) < 4.78 is 12.9. The number of allylic oxidation sites excluding steroid dienone is 2. The highest BCUT2D eigenvalue weighted by Crippen LogP contribution is 2.65. The summed E-state index contributed by atoms with van der Waals surface area (Å²) in [6, 6.07) is 5.48. The van der Waals surface area contributed by atoms with Gasteiger partial charge in [0.05, 0.1) is 11.8 Å². The number of carbonyl (C=O) groups excluding carboxylic acids is 3. The number of hydrogen-bond donors (Lipinski definition) is 1. The first kappa shape index (κ1) is 15.7. The minimum absolute atomic E-state index is 0.0456. The smallest absolute Gasteiger partial charge is 0.233 e. The van der Waals surface area contributed by atoms with Crippen molar-refractivity contribution in [2.45, 2.75) is 12.8 Å². The van der Waals surface area contributed by atoms with E-state index in [2.05, 4.69) is 17.5 Å². The van der Waals surface area contributed by atoms with E-state index >= 15 is 0 Å². The lowest BCUT2D eigenvalue weighted by Gasteiger charge is -2.37. The number of likely N-dealkylation sites (tertiary alicyclic amines) is 1. The van der Waals surface area contributed by atoms with Gasteiger partial charge < -0.3 is 5.32 Å². The standard InChI is InChI=1S/C20H19FN2O3/c21-10-1-3-11(4-2-10)22-16(24)7-8-23-19(25)17-12-5-6-13(15-9-14(12)15)18(17)20(23)26/h1-6,12-15,17-18H,7-9H2,(H,22,24)/t12-,13-,14-,15-,17-,18+/m1/s1. The molecule has 4 aliphatic carbocycles. The fourth-order valence-corrected chi connectivity index (χ4v) is 5.21. The van der Waals surface area contributed by atoms with Gasteiger partial charge >= 0.3 is 0 Å². The first-order chi connectivity index (χ1) is 12.5. The Morgan fingerprint density at radius 3 is 2.19 bits per heavy atom. The fourth-order valence-electron chi connectivity index (χ4n) is 5.21. The predicted molar refractivity (Wildman–Crippen MR) is 91.1 cm³/mol. The van der Waals surface area contributed by atoms with Gasteiger partial charge in [-0.1, -0.05) is 12.2 Å². The minimum atomic E-state index is -0.375. The molecule has 6 atom stereocenters. The van der Waals surface area contributed by atoms with Crippen LogP contribution in [0.4, 0.5) is 10.1 Å². The summed E-state index contributed by atoms with van der Waals surface area (Å²) in [6.45, 7) is 0.104. The summed E-state index contributed by atoms with van der Waals surface area (Å²) in [4.78, 5) is 39.0. The van der Waals surface area contributed by atoms with Gasteiger partial charge in [0.2, 0.25) is 17.7 Å². The van der Waals surface area contributed by atoms with Gasteiger partial charge in [-0.3, -0.25) is 19.3 Å². The Balaban J connectivity index is 1.24. The summed E-state index contributed by atoms with van der Waals surface area (Å²) in [5, 5.41) is 2.66. The number of hydrogen-bond acceptors (Lipinski definition) is 3. The van der Waals surface area contributed by atoms with Crippen LogP contribution >= 0.6 is 0 Å². The van der Waals surface area contributed by atoms with E-state index in [1.807, 2.05) is 0 Å². The molecule has 0 spiro atoms. The molecular weight excluding hydrogens is 335 g/mol. The second-order valence-corrected chi connectivity index (χ2v) is 7.79. The Labute approximate surface area is 150 Å². The number of benzene rings is 1. The van der Waals surface area contributed by atoms with Crippen molar-refractivity contribution in [3.05, 3.63) is 42.2 Å². The summed E-state index contributed by atoms with van der Waals surface area (Å²) >= 11 is 0. The lowest BCUT2D eigenvalue weighted by molar-refractivity contribution is -0.140. The molecule has 3 amide bonds. The average Bonchev–Trinajstić information content (AvgIpc) is 3.41. The zero-order valence-electron chi connectivity index (χ0n) is 14.1. The maximum atomic E-state index is 12.9. The highest BCUT2D eigenvalue weighted by atomic mass is 19.1. The molecule has 5 aliphatic rings. The van der Waals surface area contributed by atoms with E-state index in [1.54, 1.807) is 0 Å². The zero-order valence-corrected chi connectivity index (χ0v) is 14.1. The van der Waals surface area contributed by atoms with Crippen LogP contribution in [0.25, 0.3) is 0 Å². The van der Waals surface area contributed by atoms with Crippen molar-refractivity contribution in [1.29, 1.82) is 0 Å². The molecule has 6 heteroatoms. The number of nitrogens with one attached hydrogen (secondary N) is 1. The lowest BCUT2D eigenvalue weighted by atomic mass is 9.63. The van der Waals surface area contributed by atoms with Crippen molar-refractivity contribution in [1.82, 2.24) is 4.90 Å². The molecule has 1 aliphatic heterocycles. The van der Waals surface area contributed by atoms with E-state index in [0.29, 0.717) is 17.5 Å². The zero-order chi connectivity index (χ0) is 18.0. The Morgan fingerprint density at radius 1 is 1.04 bits per heavy atom. The molecular formula is C20H19FN2O3. The first-order valence-electron chi connectivity index (χ1n) is 9.13. The molecule has 1 aromatic carbocycles. The minimum Gasteiger partial charge on any atom is -0.326 e. The van der Waals surface area contributed by atoms with Crippen LogP contribution in [-0.4, -0.2) is 29.2 Å². The summed E-state index contributed by atoms with van der Waals surface area (Å²) in [5.41, 5.74) is 0.492. The van der Waals surface area contributed by atoms with Gasteiger partial charge in [-0.25, -0.2) is 4.39 Å². The van der Waals surface area contributed by atoms with E-state index in [9.17, 15) is 18.8 Å². The third kappa shape index (κ3) is 2.24. The molecule has 1 aromatic rings. The molecule has 134 valence electrons. The van der Waals surface area contributed by atoms with Gasteiger partial charge in [-0.2, -0.15) is 0 Å². The van der Waals surface area contributed by atoms with Crippen molar-refractivity contribution in [3.8, 4) is 0 Å². The first-order valence-corrected chi connectivity index (χ1v) is 9.13. The van der Waals surface area contributed by atoms with Gasteiger partial charge in [-0.05, 0) is 54.4 Å². The molecule has 1 heterocycles. The van der Waals surface area contributed by atoms with Gasteiger partial charge in [-0.15, -0.1) is 0 Å². The molecule has 3 fully saturated rings. The highest BCUT2D eigenvalue weighted by Gasteiger charge is 2.66. The van der Waals surface area contributed by atoms with Gasteiger partial charge in [0.15, 0.2) is 0 Å². The highest BCUT2D eigenvalue weighted by molar-refractivity contribution is 6.06. The van der Waals surface area contributed by atoms with Crippen LogP contribution in [0.5, 0.6) is 0 Å². The Hall–Kier alpha value is -2.50. The molecule has 6 rings (SSSR count). The number of nitrogens with zero attached hydrogens (tertiary/aromatic N) is 1. The van der Waals surface area contributed by atoms with Gasteiger partial charge in [0, 0.05) is 18.7 Å². The number of anilines is 1. The monoisotopic (exact) mass is 354 g/mol. The van der Waals surface area contributed by atoms with Crippen molar-refractivity contribution in [2.24, 2.45) is 35.5 Å². The van der Waals surface area contributed by atoms with E-state index in [1.165, 1.54) is 29.2 Å². The molecule has 0 aromatic heterocycles. The van der Waals surface area contributed by atoms with Crippen LogP contribution in [0.15, 0.2) is 36.4 Å². The maximum absolute atomic E-state index is 12.9. The molecule has 2 bridgehead atoms. The normalized spacial score (nSPS) is 36.1. The van der Waals surface area contributed by atoms with Crippen LogP contribution < -0.4 is 5.32 Å². The predicted octanol–water partition coefficient (Wildman–Crippen LogP) is 2.21. The molecule has 1 saturated heterocycles. The number of carbonyl (C=O) groups is 3. The van der Waals surface area contributed by atoms with E-state index in [0.717, 1.165) is 6.42 Å². The third-order valence-corrected chi connectivity index (χ3v) is 6.44. The molecule has 5 nitrogen and oxygen atoms in total. The van der Waals surface area contributed by atoms with Crippen LogP contribution in [0.1, 0.15) is 12.8 Å². The summed E-state index contributed by atoms with van der Waals surface area (Å²) in [5.74, 6) is 0.209. The van der Waals surface area contributed by atoms with Gasteiger partial charge in [0.1, 0.15) is 5.82 Å². The number of halogens is 1. The summed E-state index contributed by atoms with van der Waals surface area (Å²) in [7, 11) is 0. The quantitative estimate of drug-likeness (QED) is 0.666. The van der Waals surface area contributed by atoms with Crippen LogP contribution in [-0.2, 0) is 14.4 Å². The van der Waals surface area contributed by atoms with Crippen molar-refractivity contribution >= 4 is 23.4 Å². The second-order valence-electron chi connectivity index (χ2n) is 7.79. The van der Waals surface area contributed by atoms with Crippen LogP contribution in [0.3, 0.4) is 0 Å². The lowest BCUT2D eigenvalue weighted by Crippen LogP contribution is -2.40. The summed E-state index contributed by atoms with van der Waals surface area (Å²) in [6.07, 6.45) is 5.45. The topological polar surface area (TPSA) is 66.5 Å². The molecule has 2 saturated carbocycles. The average molecular weight is 354 g/mol. The van der Waals surface area contributed by atoms with Crippen molar-refractivity contribution in [2.75, 3.05) is 11.9 Å². The van der Waals surface area contributed by atoms with Crippen LogP contribution in [0.2, 0.25) is 0 Å². The van der Waals surface area contributed by atoms with E-state index < -0.39 is 0 Å². The molecule has 0 radical (unpaired) electrons. The van der Waals surface area contributed by atoms with Crippen molar-refractivity contribution in [3.63, 3.8) is 0 Å². The van der Waals surface area contributed by atoms with Gasteiger partial charge in [0.25, 0.3) is 0 Å². The van der Waals surface area contributed by atoms with Crippen LogP contribution in [0, 0.1) is 41.3 Å². The Kier molecular flexibility index (Phi) is 3.33. The molecule has 1 N–H and O–H groups in total. The number of amides is 3. The maximum Gasteiger partial charge on any atom is 0.233 e. The Bertz CT molecular complexity index is 798. The molecule has 26 heavy (non-hydrogen) atoms. The molecule has 0 unspecified atom stereocenters. The SMILES string of the molecule is O=C(CCN1C(=O)[C@@H]2[C@@H]3C=C[C@H]([C@H]4C[C@H]34)[C@@H]2C1=O)Nc1ccc(F)cc1. The number of rotatable bonds is 4. The van der Waals surface area contributed by atoms with E-state index in [4.69, 9.17) is 0 Å². The fraction of sp³-hybridized carbons (Fsp3) is 0.450. The third-order valence-electron chi connectivity index (χ3n) is 6.44. The van der Waals surface area contributed by atoms with E-state index in [-0.39, 0.29) is 60.2 Å². The second kappa shape index (κ2) is 5.50.